The molecule has 0 aliphatic carbocycles. The minimum atomic E-state index is -0.965. The molecule has 4 aromatic carbocycles. The highest BCUT2D eigenvalue weighted by Crippen LogP contribution is 2.38. The van der Waals surface area contributed by atoms with Gasteiger partial charge in [-0.1, -0.05) is 84.9 Å². The van der Waals surface area contributed by atoms with Crippen LogP contribution in [0, 0.1) is 6.92 Å². The highest BCUT2D eigenvalue weighted by Gasteiger charge is 2.21. The number of carbonyl (C=O) groups is 1. The third kappa shape index (κ3) is 4.64. The molecule has 5 heteroatoms. The Kier molecular flexibility index (Phi) is 6.55. The van der Waals surface area contributed by atoms with E-state index in [4.69, 9.17) is 9.72 Å². The van der Waals surface area contributed by atoms with Gasteiger partial charge < -0.3 is 14.8 Å². The van der Waals surface area contributed by atoms with E-state index in [1.165, 1.54) is 0 Å². The molecule has 0 amide bonds. The van der Waals surface area contributed by atoms with Gasteiger partial charge in [-0.2, -0.15) is 0 Å². The predicted octanol–water partition coefficient (Wildman–Crippen LogP) is 8.07. The van der Waals surface area contributed by atoms with E-state index in [-0.39, 0.29) is 5.69 Å². The van der Waals surface area contributed by atoms with Gasteiger partial charge in [-0.25, -0.2) is 4.79 Å². The van der Waals surface area contributed by atoms with Crippen molar-refractivity contribution in [2.75, 3.05) is 6.61 Å². The van der Waals surface area contributed by atoms with Crippen LogP contribution >= 0.6 is 0 Å². The van der Waals surface area contributed by atoms with Gasteiger partial charge >= 0.3 is 5.97 Å². The van der Waals surface area contributed by atoms with Gasteiger partial charge in [0.2, 0.25) is 0 Å². The zero-order valence-corrected chi connectivity index (χ0v) is 21.6. The van der Waals surface area contributed by atoms with Gasteiger partial charge in [0.1, 0.15) is 11.4 Å². The number of nitrogens with one attached hydrogen (secondary N) is 1. The van der Waals surface area contributed by atoms with E-state index in [1.807, 2.05) is 85.1 Å². The molecule has 0 aliphatic rings. The first kappa shape index (κ1) is 24.4. The number of carboxylic acids is 1. The van der Waals surface area contributed by atoms with Gasteiger partial charge in [-0.05, 0) is 48.4 Å². The van der Waals surface area contributed by atoms with E-state index in [2.05, 4.69) is 30.1 Å². The van der Waals surface area contributed by atoms with E-state index >= 15 is 0 Å². The van der Waals surface area contributed by atoms with Crippen molar-refractivity contribution < 1.29 is 14.6 Å². The smallest absolute Gasteiger partial charge is 0.352 e. The number of hydrogen-bond acceptors (Lipinski definition) is 3. The summed E-state index contributed by atoms with van der Waals surface area (Å²) in [5, 5.41) is 13.2. The zero-order chi connectivity index (χ0) is 26.8. The number of H-pyrrole nitrogens is 1. The lowest BCUT2D eigenvalue weighted by molar-refractivity contribution is 0.0690. The largest absolute Gasteiger partial charge is 0.493 e. The molecule has 192 valence electrons. The number of fused-ring (bicyclic) bond motifs is 2. The Labute approximate surface area is 226 Å². The summed E-state index contributed by atoms with van der Waals surface area (Å²) in [6.45, 7) is 2.55. The lowest BCUT2D eigenvalue weighted by Gasteiger charge is -2.13. The Morgan fingerprint density at radius 1 is 0.872 bits per heavy atom. The molecular formula is C34H28N2O3. The molecule has 6 rings (SSSR count). The maximum absolute atomic E-state index is 12.3. The molecule has 39 heavy (non-hydrogen) atoms. The molecule has 0 spiro atoms. The molecule has 0 radical (unpaired) electrons. The number of carboxylic acid groups (broad SMARTS) is 1. The van der Waals surface area contributed by atoms with Crippen molar-refractivity contribution in [3.8, 4) is 28.1 Å². The number of aryl methyl sites for hydroxylation is 2. The molecule has 0 atom stereocenters. The summed E-state index contributed by atoms with van der Waals surface area (Å²) in [5.41, 5.74) is 6.75. The summed E-state index contributed by atoms with van der Waals surface area (Å²) in [5.74, 6) is -0.124. The van der Waals surface area contributed by atoms with Crippen LogP contribution in [0.15, 0.2) is 103 Å². The highest BCUT2D eigenvalue weighted by molar-refractivity contribution is 6.05. The molecule has 0 fully saturated rings. The minimum absolute atomic E-state index is 0.227. The van der Waals surface area contributed by atoms with E-state index in [0.29, 0.717) is 19.4 Å². The summed E-state index contributed by atoms with van der Waals surface area (Å²) in [4.78, 5) is 20.3. The van der Waals surface area contributed by atoms with Crippen molar-refractivity contribution in [1.82, 2.24) is 9.97 Å². The number of para-hydroxylation sites is 1. The van der Waals surface area contributed by atoms with Crippen molar-refractivity contribution >= 4 is 27.6 Å². The number of hydrogen-bond donors (Lipinski definition) is 2. The molecule has 2 aromatic heterocycles. The van der Waals surface area contributed by atoms with Crippen LogP contribution in [0.3, 0.4) is 0 Å². The Bertz CT molecular complexity index is 1800. The van der Waals surface area contributed by atoms with Gasteiger partial charge in [0.05, 0.1) is 17.8 Å². The average Bonchev–Trinajstić information content (AvgIpc) is 3.35. The molecule has 2 heterocycles. The lowest BCUT2D eigenvalue weighted by Crippen LogP contribution is -2.04. The summed E-state index contributed by atoms with van der Waals surface area (Å²) >= 11 is 0. The van der Waals surface area contributed by atoms with Crippen LogP contribution in [0.1, 0.15) is 28.0 Å². The van der Waals surface area contributed by atoms with Gasteiger partial charge in [0.15, 0.2) is 0 Å². The number of aromatic carboxylic acids is 1. The van der Waals surface area contributed by atoms with Crippen molar-refractivity contribution in [3.05, 3.63) is 120 Å². The fraction of sp³-hybridized carbons (Fsp3) is 0.118. The molecule has 2 N–H and O–H groups in total. The summed E-state index contributed by atoms with van der Waals surface area (Å²) in [7, 11) is 0. The second-order valence-electron chi connectivity index (χ2n) is 9.66. The maximum atomic E-state index is 12.3. The Morgan fingerprint density at radius 3 is 2.46 bits per heavy atom. The average molecular weight is 513 g/mol. The molecule has 0 bridgehead atoms. The minimum Gasteiger partial charge on any atom is -0.493 e. The fourth-order valence-corrected chi connectivity index (χ4v) is 5.39. The third-order valence-electron chi connectivity index (χ3n) is 7.21. The molecule has 0 unspecified atom stereocenters. The number of pyridine rings is 1. The van der Waals surface area contributed by atoms with Gasteiger partial charge in [-0.3, -0.25) is 4.98 Å². The predicted molar refractivity (Wildman–Crippen MR) is 156 cm³/mol. The first-order valence-corrected chi connectivity index (χ1v) is 13.1. The topological polar surface area (TPSA) is 75.2 Å². The Morgan fingerprint density at radius 2 is 1.62 bits per heavy atom. The zero-order valence-electron chi connectivity index (χ0n) is 21.6. The first-order chi connectivity index (χ1) is 19.1. The Hall–Kier alpha value is -4.90. The summed E-state index contributed by atoms with van der Waals surface area (Å²) in [6.07, 6.45) is 3.08. The van der Waals surface area contributed by atoms with Gasteiger partial charge in [-0.15, -0.1) is 0 Å². The van der Waals surface area contributed by atoms with E-state index in [0.717, 1.165) is 60.9 Å². The number of aromatic nitrogens is 2. The second-order valence-corrected chi connectivity index (χ2v) is 9.66. The van der Waals surface area contributed by atoms with Crippen molar-refractivity contribution in [2.24, 2.45) is 0 Å². The highest BCUT2D eigenvalue weighted by atomic mass is 16.5. The molecule has 0 saturated heterocycles. The molecule has 0 saturated carbocycles. The summed E-state index contributed by atoms with van der Waals surface area (Å²) in [6, 6.07) is 32.3. The summed E-state index contributed by atoms with van der Waals surface area (Å²) < 4.78 is 6.14. The van der Waals surface area contributed by atoms with Crippen molar-refractivity contribution in [1.29, 1.82) is 0 Å². The quantitative estimate of drug-likeness (QED) is 0.202. The molecule has 5 nitrogen and oxygen atoms in total. The number of ether oxygens (including phenoxy) is 1. The molecule has 6 aromatic rings. The van der Waals surface area contributed by atoms with E-state index < -0.39 is 5.97 Å². The SMILES string of the molecule is Cc1ccnc(-c2ccccc2)c1-c1cccc2c(CCCOc3cccc4ccccc34)c(C(=O)O)[nH]c12. The normalized spacial score (nSPS) is 11.2. The van der Waals surface area contributed by atoms with Crippen LogP contribution < -0.4 is 4.74 Å². The third-order valence-corrected chi connectivity index (χ3v) is 7.21. The van der Waals surface area contributed by atoms with Crippen LogP contribution in [-0.4, -0.2) is 27.7 Å². The number of aromatic amines is 1. The van der Waals surface area contributed by atoms with Crippen LogP contribution in [-0.2, 0) is 6.42 Å². The maximum Gasteiger partial charge on any atom is 0.352 e. The lowest BCUT2D eigenvalue weighted by atomic mass is 9.93. The van der Waals surface area contributed by atoms with E-state index in [1.54, 1.807) is 0 Å². The number of nitrogens with zero attached hydrogens (tertiary/aromatic N) is 1. The fourth-order valence-electron chi connectivity index (χ4n) is 5.39. The van der Waals surface area contributed by atoms with Gasteiger partial charge in [0.25, 0.3) is 0 Å². The second kappa shape index (κ2) is 10.5. The number of rotatable bonds is 8. The van der Waals surface area contributed by atoms with Crippen molar-refractivity contribution in [3.63, 3.8) is 0 Å². The monoisotopic (exact) mass is 512 g/mol. The van der Waals surface area contributed by atoms with Crippen LogP contribution in [0.4, 0.5) is 0 Å². The Balaban J connectivity index is 1.34. The van der Waals surface area contributed by atoms with Crippen molar-refractivity contribution in [2.45, 2.75) is 19.8 Å². The van der Waals surface area contributed by atoms with Crippen LogP contribution in [0.5, 0.6) is 5.75 Å². The first-order valence-electron chi connectivity index (χ1n) is 13.1. The van der Waals surface area contributed by atoms with Crippen LogP contribution in [0.2, 0.25) is 0 Å². The van der Waals surface area contributed by atoms with E-state index in [9.17, 15) is 9.90 Å². The van der Waals surface area contributed by atoms with Gasteiger partial charge in [0, 0.05) is 33.7 Å². The number of benzene rings is 4. The molecule has 0 aliphatic heterocycles. The van der Waals surface area contributed by atoms with Crippen LogP contribution in [0.25, 0.3) is 44.1 Å². The molecular weight excluding hydrogens is 484 g/mol. The standard InChI is InChI=1S/C34H28N2O3/c1-22-19-20-35-31(24-11-3-2-4-12-24)30(22)28-16-8-15-26-27(33(34(37)38)36-32(26)28)17-9-21-39-29-18-7-13-23-10-5-6-14-25(23)29/h2-8,10-16,18-20,36H,9,17,21H2,1H3,(H,37,38).